The van der Waals surface area contributed by atoms with E-state index in [4.69, 9.17) is 0 Å². The Kier molecular flexibility index (Phi) is 2.23. The van der Waals surface area contributed by atoms with Crippen molar-refractivity contribution in [2.24, 2.45) is 0 Å². The molecular weight excluding hydrogens is 287 g/mol. The molecule has 0 spiro atoms. The summed E-state index contributed by atoms with van der Waals surface area (Å²) in [5.41, 5.74) is 0. The molecular formula is C19H15PSi. The average Bonchev–Trinajstić information content (AvgIpc) is 2.56. The van der Waals surface area contributed by atoms with Crippen LogP contribution < -0.4 is 31.5 Å². The van der Waals surface area contributed by atoms with Crippen molar-refractivity contribution >= 4 is 47.5 Å². The molecule has 3 heterocycles. The van der Waals surface area contributed by atoms with Crippen molar-refractivity contribution in [2.75, 3.05) is 0 Å². The first-order chi connectivity index (χ1) is 10.3. The molecule has 2 bridgehead atoms. The summed E-state index contributed by atoms with van der Waals surface area (Å²) in [6.07, 6.45) is 0. The number of benzene rings is 3. The molecule has 0 unspecified atom stereocenters. The minimum absolute atomic E-state index is 0.348. The largest absolute Gasteiger partial charge is 0.147 e. The van der Waals surface area contributed by atoms with Crippen LogP contribution in [0.15, 0.2) is 72.8 Å². The van der Waals surface area contributed by atoms with E-state index in [1.807, 2.05) is 0 Å². The zero-order chi connectivity index (χ0) is 14.0. The Hall–Kier alpha value is -1.69. The number of hydrogen-bond donors (Lipinski definition) is 0. The summed E-state index contributed by atoms with van der Waals surface area (Å²) in [5, 5.41) is 9.77. The minimum atomic E-state index is -1.79. The highest BCUT2D eigenvalue weighted by Crippen LogP contribution is 2.38. The highest BCUT2D eigenvalue weighted by molar-refractivity contribution is 7.83. The SMILES string of the molecule is C[Si]12c3ccccc3P(c3ccccc31)c1ccccc12. The monoisotopic (exact) mass is 302 g/mol. The van der Waals surface area contributed by atoms with Gasteiger partial charge in [0.1, 0.15) is 8.07 Å². The molecule has 100 valence electrons. The fourth-order valence-electron chi connectivity index (χ4n) is 4.10. The van der Waals surface area contributed by atoms with Crippen LogP contribution in [0.4, 0.5) is 0 Å². The van der Waals surface area contributed by atoms with Crippen LogP contribution in [0.2, 0.25) is 6.55 Å². The summed E-state index contributed by atoms with van der Waals surface area (Å²) < 4.78 is 0. The first-order valence-electron chi connectivity index (χ1n) is 7.40. The van der Waals surface area contributed by atoms with Crippen LogP contribution in [0, 0.1) is 0 Å². The van der Waals surface area contributed by atoms with Gasteiger partial charge in [-0.2, -0.15) is 0 Å². The maximum Gasteiger partial charge on any atom is 0.147 e. The zero-order valence-electron chi connectivity index (χ0n) is 11.9. The third-order valence-electron chi connectivity index (χ3n) is 5.05. The van der Waals surface area contributed by atoms with E-state index in [0.29, 0.717) is 0 Å². The lowest BCUT2D eigenvalue weighted by Gasteiger charge is -2.47. The van der Waals surface area contributed by atoms with Crippen LogP contribution in [-0.4, -0.2) is 8.07 Å². The third kappa shape index (κ3) is 1.30. The van der Waals surface area contributed by atoms with Gasteiger partial charge in [0.05, 0.1) is 0 Å². The topological polar surface area (TPSA) is 0 Å². The maximum absolute atomic E-state index is 2.54. The fourth-order valence-corrected chi connectivity index (χ4v) is 13.5. The summed E-state index contributed by atoms with van der Waals surface area (Å²) in [6, 6.07) is 27.6. The van der Waals surface area contributed by atoms with Gasteiger partial charge in [0.2, 0.25) is 0 Å². The van der Waals surface area contributed by atoms with Gasteiger partial charge in [0, 0.05) is 0 Å². The van der Waals surface area contributed by atoms with Crippen LogP contribution in [0.25, 0.3) is 0 Å². The molecule has 6 rings (SSSR count). The van der Waals surface area contributed by atoms with Crippen molar-refractivity contribution in [1.29, 1.82) is 0 Å². The quantitative estimate of drug-likeness (QED) is 0.432. The molecule has 3 aliphatic heterocycles. The van der Waals surface area contributed by atoms with Gasteiger partial charge in [-0.1, -0.05) is 79.3 Å². The van der Waals surface area contributed by atoms with Crippen LogP contribution >= 0.6 is 7.92 Å². The molecule has 2 heteroatoms. The van der Waals surface area contributed by atoms with Gasteiger partial charge in [-0.3, -0.25) is 0 Å². The van der Waals surface area contributed by atoms with Gasteiger partial charge < -0.3 is 0 Å². The zero-order valence-corrected chi connectivity index (χ0v) is 13.8. The van der Waals surface area contributed by atoms with Gasteiger partial charge in [0.15, 0.2) is 0 Å². The van der Waals surface area contributed by atoms with Crippen molar-refractivity contribution in [3.8, 4) is 0 Å². The van der Waals surface area contributed by atoms with Crippen molar-refractivity contribution in [2.45, 2.75) is 6.55 Å². The predicted octanol–water partition coefficient (Wildman–Crippen LogP) is 1.17. The summed E-state index contributed by atoms with van der Waals surface area (Å²) in [6.45, 7) is 2.54. The lowest BCUT2D eigenvalue weighted by Crippen LogP contribution is -2.80. The maximum atomic E-state index is 2.54. The Labute approximate surface area is 127 Å². The van der Waals surface area contributed by atoms with Crippen molar-refractivity contribution in [1.82, 2.24) is 0 Å². The highest BCUT2D eigenvalue weighted by Gasteiger charge is 2.49. The van der Waals surface area contributed by atoms with E-state index in [2.05, 4.69) is 79.3 Å². The van der Waals surface area contributed by atoms with Crippen LogP contribution in [0.1, 0.15) is 0 Å². The molecule has 3 aromatic carbocycles. The summed E-state index contributed by atoms with van der Waals surface area (Å²) >= 11 is 0. The van der Waals surface area contributed by atoms with E-state index in [1.54, 1.807) is 31.5 Å². The van der Waals surface area contributed by atoms with Gasteiger partial charge in [-0.25, -0.2) is 0 Å². The summed E-state index contributed by atoms with van der Waals surface area (Å²) in [7, 11) is -2.14. The van der Waals surface area contributed by atoms with Gasteiger partial charge in [-0.05, 0) is 39.4 Å². The van der Waals surface area contributed by atoms with E-state index < -0.39 is 8.07 Å². The molecule has 0 aliphatic carbocycles. The predicted molar refractivity (Wildman–Crippen MR) is 95.7 cm³/mol. The normalized spacial score (nSPS) is 24.1. The van der Waals surface area contributed by atoms with Crippen LogP contribution in [-0.2, 0) is 0 Å². The first kappa shape index (κ1) is 11.9. The molecule has 0 saturated carbocycles. The summed E-state index contributed by atoms with van der Waals surface area (Å²) in [5.74, 6) is 0. The second-order valence-electron chi connectivity index (χ2n) is 6.01. The molecule has 0 atom stereocenters. The second kappa shape index (κ2) is 3.94. The Balaban J connectivity index is 2.00. The van der Waals surface area contributed by atoms with E-state index in [0.717, 1.165) is 0 Å². The first-order valence-corrected chi connectivity index (χ1v) is 11.2. The lowest BCUT2D eigenvalue weighted by molar-refractivity contribution is 1.68. The minimum Gasteiger partial charge on any atom is -0.0623 e. The molecule has 0 fully saturated rings. The fraction of sp³-hybridized carbons (Fsp3) is 0.0526. The molecule has 0 amide bonds. The van der Waals surface area contributed by atoms with Gasteiger partial charge in [0.25, 0.3) is 0 Å². The number of hydrogen-bond acceptors (Lipinski definition) is 0. The third-order valence-corrected chi connectivity index (χ3v) is 12.8. The van der Waals surface area contributed by atoms with E-state index >= 15 is 0 Å². The lowest BCUT2D eigenvalue weighted by atomic mass is 10.3. The molecule has 0 radical (unpaired) electrons. The van der Waals surface area contributed by atoms with Gasteiger partial charge >= 0.3 is 0 Å². The van der Waals surface area contributed by atoms with E-state index in [-0.39, 0.29) is 7.92 Å². The average molecular weight is 302 g/mol. The van der Waals surface area contributed by atoms with Crippen molar-refractivity contribution in [3.05, 3.63) is 72.8 Å². The standard InChI is InChI=1S/C19H15PSi/c1-21-17-11-5-2-8-14(17)20(15-9-3-6-12-18(15)21)16-10-4-7-13-19(16)21/h2-13H,1H3. The Morgan fingerprint density at radius 3 is 1.29 bits per heavy atom. The molecule has 3 aromatic rings. The molecule has 3 aliphatic rings. The Bertz CT molecular complexity index is 768. The Morgan fingerprint density at radius 2 is 0.905 bits per heavy atom. The molecule has 0 nitrogen and oxygen atoms in total. The molecule has 0 N–H and O–H groups in total. The van der Waals surface area contributed by atoms with Crippen LogP contribution in [0.5, 0.6) is 0 Å². The second-order valence-corrected chi connectivity index (χ2v) is 12.0. The Morgan fingerprint density at radius 1 is 0.571 bits per heavy atom. The molecule has 21 heavy (non-hydrogen) atoms. The van der Waals surface area contributed by atoms with Crippen molar-refractivity contribution < 1.29 is 0 Å². The number of rotatable bonds is 0. The highest BCUT2D eigenvalue weighted by atomic mass is 31.1. The van der Waals surface area contributed by atoms with Gasteiger partial charge in [-0.15, -0.1) is 0 Å². The van der Waals surface area contributed by atoms with E-state index in [9.17, 15) is 0 Å². The van der Waals surface area contributed by atoms with Crippen LogP contribution in [0.3, 0.4) is 0 Å². The summed E-state index contributed by atoms with van der Waals surface area (Å²) in [4.78, 5) is 0. The van der Waals surface area contributed by atoms with E-state index in [1.165, 1.54) is 0 Å². The molecule has 0 saturated heterocycles. The molecule has 0 aromatic heterocycles. The smallest absolute Gasteiger partial charge is 0.0623 e. The van der Waals surface area contributed by atoms with Crippen molar-refractivity contribution in [3.63, 3.8) is 0 Å².